The lowest BCUT2D eigenvalue weighted by Crippen LogP contribution is -2.67. The van der Waals surface area contributed by atoms with Gasteiger partial charge in [-0.05, 0) is 21.8 Å². The van der Waals surface area contributed by atoms with Gasteiger partial charge >= 0.3 is 10.3 Å². The summed E-state index contributed by atoms with van der Waals surface area (Å²) in [6.45, 7) is 8.96. The van der Waals surface area contributed by atoms with E-state index in [1.165, 1.54) is 12.8 Å². The summed E-state index contributed by atoms with van der Waals surface area (Å²) in [7, 11) is -6.66. The number of unbranched alkanes of at least 4 members (excludes halogenated alkanes) is 4. The van der Waals surface area contributed by atoms with Gasteiger partial charge in [-0.2, -0.15) is 13.1 Å². The lowest BCUT2D eigenvalue weighted by atomic mass is 10.1. The van der Waals surface area contributed by atoms with Gasteiger partial charge in [0.15, 0.2) is 0 Å². The van der Waals surface area contributed by atoms with E-state index in [0.717, 1.165) is 29.6 Å². The van der Waals surface area contributed by atoms with Gasteiger partial charge in [0.1, 0.15) is 6.10 Å². The summed E-state index contributed by atoms with van der Waals surface area (Å²) in [4.78, 5) is 0. The number of hydrogen-bond acceptors (Lipinski definition) is 4. The molecule has 0 amide bonds. The third-order valence-corrected chi connectivity index (χ3v) is 12.5. The molecular weight excluding hydrogens is 474 g/mol. The van der Waals surface area contributed by atoms with Gasteiger partial charge in [0.05, 0.1) is 12.6 Å². The minimum absolute atomic E-state index is 0.183. The molecule has 1 heterocycles. The highest BCUT2D eigenvalue weighted by atomic mass is 32.2. The molecule has 1 fully saturated rings. The highest BCUT2D eigenvalue weighted by molar-refractivity contribution is 7.84. The second kappa shape index (κ2) is 12.3. The minimum atomic E-state index is -3.88. The molecular formula is C28H39NO4SSi. The molecule has 0 spiro atoms. The fourth-order valence-corrected chi connectivity index (χ4v) is 10.4. The molecule has 0 bridgehead atoms. The van der Waals surface area contributed by atoms with Crippen LogP contribution >= 0.6 is 0 Å². The SMILES string of the molecule is CCCCCCC#C[C@H]1C[C@@H](CO[Si](c2ccccc2)(c2ccccc2)C(C)(C)C)OS(=O)(=O)N1. The van der Waals surface area contributed by atoms with Crippen molar-refractivity contribution >= 4 is 29.0 Å². The van der Waals surface area contributed by atoms with Crippen molar-refractivity contribution in [3.8, 4) is 11.8 Å². The summed E-state index contributed by atoms with van der Waals surface area (Å²) < 4.78 is 39.8. The number of hydrogen-bond donors (Lipinski definition) is 1. The molecule has 0 saturated carbocycles. The third kappa shape index (κ3) is 7.28. The summed E-state index contributed by atoms with van der Waals surface area (Å²) in [6, 6.07) is 20.2. The van der Waals surface area contributed by atoms with Crippen molar-refractivity contribution in [1.29, 1.82) is 0 Å². The lowest BCUT2D eigenvalue weighted by molar-refractivity contribution is 0.102. The zero-order valence-electron chi connectivity index (χ0n) is 21.4. The topological polar surface area (TPSA) is 64.6 Å². The standard InChI is InChI=1S/C28H39NO4SSi/c1-5-6-7-8-9-12-17-24-22-25(33-34(30,31)29-24)23-32-35(28(2,3)4,26-18-13-10-14-19-26)27-20-15-11-16-21-27/h10-11,13-16,18-21,24-25,29H,5-9,22-23H2,1-4H3/t24-,25-/m0/s1. The first-order valence-corrected chi connectivity index (χ1v) is 15.9. The molecule has 0 radical (unpaired) electrons. The summed E-state index contributed by atoms with van der Waals surface area (Å²) >= 11 is 0. The predicted octanol–water partition coefficient (Wildman–Crippen LogP) is 4.53. The van der Waals surface area contributed by atoms with Crippen molar-refractivity contribution in [2.24, 2.45) is 0 Å². The van der Waals surface area contributed by atoms with Crippen LogP contribution in [0.25, 0.3) is 0 Å². The van der Waals surface area contributed by atoms with E-state index in [2.05, 4.69) is 68.5 Å². The van der Waals surface area contributed by atoms with Gasteiger partial charge in [-0.25, -0.2) is 0 Å². The number of benzene rings is 2. The van der Waals surface area contributed by atoms with Gasteiger partial charge in [0.25, 0.3) is 8.32 Å². The van der Waals surface area contributed by atoms with Gasteiger partial charge in [-0.3, -0.25) is 4.18 Å². The van der Waals surface area contributed by atoms with Crippen LogP contribution in [0.2, 0.25) is 5.04 Å². The molecule has 2 atom stereocenters. The Morgan fingerprint density at radius 3 is 2.14 bits per heavy atom. The zero-order valence-corrected chi connectivity index (χ0v) is 23.2. The Hall–Kier alpha value is -1.95. The van der Waals surface area contributed by atoms with Gasteiger partial charge in [-0.15, -0.1) is 5.92 Å². The molecule has 190 valence electrons. The monoisotopic (exact) mass is 513 g/mol. The fourth-order valence-electron chi connectivity index (χ4n) is 4.73. The third-order valence-electron chi connectivity index (χ3n) is 6.38. The van der Waals surface area contributed by atoms with E-state index in [0.29, 0.717) is 6.42 Å². The number of rotatable bonds is 9. The largest absolute Gasteiger partial charge is 0.405 e. The van der Waals surface area contributed by atoms with E-state index >= 15 is 0 Å². The Kier molecular flexibility index (Phi) is 9.74. The van der Waals surface area contributed by atoms with Crippen molar-refractivity contribution < 1.29 is 17.0 Å². The maximum Gasteiger partial charge on any atom is 0.337 e. The maximum atomic E-state index is 12.5. The maximum absolute atomic E-state index is 12.5. The van der Waals surface area contributed by atoms with Gasteiger partial charge in [0, 0.05) is 12.8 Å². The Labute approximate surface area is 213 Å². The van der Waals surface area contributed by atoms with Crippen LogP contribution in [0.1, 0.15) is 66.2 Å². The molecule has 7 heteroatoms. The molecule has 3 rings (SSSR count). The van der Waals surface area contributed by atoms with Crippen molar-refractivity contribution in [1.82, 2.24) is 4.72 Å². The van der Waals surface area contributed by atoms with Gasteiger partial charge < -0.3 is 4.43 Å². The molecule has 1 aliphatic heterocycles. The highest BCUT2D eigenvalue weighted by Crippen LogP contribution is 2.37. The molecule has 35 heavy (non-hydrogen) atoms. The Morgan fingerprint density at radius 2 is 1.60 bits per heavy atom. The molecule has 2 aromatic carbocycles. The second-order valence-electron chi connectivity index (χ2n) is 10.2. The summed E-state index contributed by atoms with van der Waals surface area (Å²) in [5, 5.41) is 2.11. The first-order chi connectivity index (χ1) is 16.7. The molecule has 1 aliphatic rings. The van der Waals surface area contributed by atoms with Crippen LogP contribution in [0.4, 0.5) is 0 Å². The van der Waals surface area contributed by atoms with Crippen LogP contribution in [0.3, 0.4) is 0 Å². The Balaban J connectivity index is 1.83. The molecule has 5 nitrogen and oxygen atoms in total. The lowest BCUT2D eigenvalue weighted by Gasteiger charge is -2.44. The second-order valence-corrected chi connectivity index (χ2v) is 15.8. The molecule has 0 aliphatic carbocycles. The predicted molar refractivity (Wildman–Crippen MR) is 145 cm³/mol. The van der Waals surface area contributed by atoms with Crippen LogP contribution in [0.5, 0.6) is 0 Å². The summed E-state index contributed by atoms with van der Waals surface area (Å²) in [5.74, 6) is 6.27. The first-order valence-electron chi connectivity index (χ1n) is 12.6. The fraction of sp³-hybridized carbons (Fsp3) is 0.500. The van der Waals surface area contributed by atoms with E-state index in [4.69, 9.17) is 8.61 Å². The number of nitrogens with one attached hydrogen (secondary N) is 1. The zero-order chi connectivity index (χ0) is 25.4. The van der Waals surface area contributed by atoms with Crippen LogP contribution in [-0.2, 0) is 18.9 Å². The average Bonchev–Trinajstić information content (AvgIpc) is 2.81. The molecule has 0 aromatic heterocycles. The van der Waals surface area contributed by atoms with E-state index < -0.39 is 30.8 Å². The van der Waals surface area contributed by atoms with Crippen molar-refractivity contribution in [3.05, 3.63) is 60.7 Å². The van der Waals surface area contributed by atoms with Crippen LogP contribution in [0.15, 0.2) is 60.7 Å². The Morgan fingerprint density at radius 1 is 1.00 bits per heavy atom. The first kappa shape index (κ1) is 27.6. The van der Waals surface area contributed by atoms with E-state index in [9.17, 15) is 8.42 Å². The summed E-state index contributed by atoms with van der Waals surface area (Å²) in [5.41, 5.74) is 0. The Bertz CT molecular complexity index is 1050. The van der Waals surface area contributed by atoms with Crippen molar-refractivity contribution in [2.75, 3.05) is 6.61 Å². The molecule has 1 saturated heterocycles. The van der Waals surface area contributed by atoms with Crippen molar-refractivity contribution in [2.45, 2.75) is 83.4 Å². The van der Waals surface area contributed by atoms with Gasteiger partial charge in [-0.1, -0.05) is 114 Å². The molecule has 1 N–H and O–H groups in total. The minimum Gasteiger partial charge on any atom is -0.405 e. The van der Waals surface area contributed by atoms with Crippen LogP contribution in [-0.4, -0.2) is 35.5 Å². The van der Waals surface area contributed by atoms with Crippen LogP contribution in [0, 0.1) is 11.8 Å². The van der Waals surface area contributed by atoms with E-state index in [1.54, 1.807) is 0 Å². The smallest absolute Gasteiger partial charge is 0.337 e. The van der Waals surface area contributed by atoms with Crippen molar-refractivity contribution in [3.63, 3.8) is 0 Å². The normalized spacial score (nSPS) is 20.1. The average molecular weight is 514 g/mol. The molecule has 0 unspecified atom stereocenters. The summed E-state index contributed by atoms with van der Waals surface area (Å²) in [6.07, 6.45) is 5.22. The molecule has 2 aromatic rings. The van der Waals surface area contributed by atoms with Crippen LogP contribution < -0.4 is 15.1 Å². The van der Waals surface area contributed by atoms with E-state index in [1.807, 2.05) is 36.4 Å². The van der Waals surface area contributed by atoms with E-state index in [-0.39, 0.29) is 11.6 Å². The quantitative estimate of drug-likeness (QED) is 0.304. The highest BCUT2D eigenvalue weighted by Gasteiger charge is 2.50. The van der Waals surface area contributed by atoms with Gasteiger partial charge in [0.2, 0.25) is 0 Å².